The molecule has 0 radical (unpaired) electrons. The van der Waals surface area contributed by atoms with Crippen LogP contribution in [0, 0.1) is 17.8 Å². The molecule has 0 aromatic heterocycles. The second-order valence-corrected chi connectivity index (χ2v) is 7.05. The number of carbonyl (C=O) groups excluding carboxylic acids is 1. The van der Waals surface area contributed by atoms with E-state index in [4.69, 9.17) is 14.0 Å². The molecular formula is C15H23BO4. The molecule has 0 unspecified atom stereocenters. The third-order valence-corrected chi connectivity index (χ3v) is 5.22. The predicted molar refractivity (Wildman–Crippen MR) is 75.9 cm³/mol. The van der Waals surface area contributed by atoms with Crippen molar-refractivity contribution in [3.63, 3.8) is 0 Å². The van der Waals surface area contributed by atoms with Crippen LogP contribution in [-0.2, 0) is 18.8 Å². The second kappa shape index (κ2) is 4.34. The van der Waals surface area contributed by atoms with Crippen LogP contribution in [-0.4, -0.2) is 30.9 Å². The zero-order valence-corrected chi connectivity index (χ0v) is 12.9. The van der Waals surface area contributed by atoms with E-state index in [2.05, 4.69) is 33.8 Å². The first-order valence-electron chi connectivity index (χ1n) is 7.49. The first-order chi connectivity index (χ1) is 9.27. The highest BCUT2D eigenvalue weighted by molar-refractivity contribution is 6.54. The summed E-state index contributed by atoms with van der Waals surface area (Å²) in [5.41, 5.74) is 0.594. The average Bonchev–Trinajstić information content (AvgIpc) is 2.72. The van der Waals surface area contributed by atoms with Crippen LogP contribution in [0.3, 0.4) is 0 Å². The number of hydrogen-bond acceptors (Lipinski definition) is 4. The molecule has 0 aromatic rings. The fourth-order valence-electron chi connectivity index (χ4n) is 3.22. The molecule has 3 aliphatic rings. The predicted octanol–water partition coefficient (Wildman–Crippen LogP) is 2.37. The Morgan fingerprint density at radius 3 is 2.40 bits per heavy atom. The zero-order chi connectivity index (χ0) is 14.7. The van der Waals surface area contributed by atoms with Crippen LogP contribution < -0.4 is 0 Å². The minimum absolute atomic E-state index is 0.0493. The quantitative estimate of drug-likeness (QED) is 0.587. The van der Waals surface area contributed by atoms with Gasteiger partial charge in [-0.25, -0.2) is 0 Å². The van der Waals surface area contributed by atoms with Gasteiger partial charge >= 0.3 is 13.1 Å². The Kier molecular flexibility index (Phi) is 3.07. The largest absolute Gasteiger partial charge is 0.490 e. The van der Waals surface area contributed by atoms with Crippen molar-refractivity contribution in [3.8, 4) is 0 Å². The molecule has 0 bridgehead atoms. The van der Waals surface area contributed by atoms with Gasteiger partial charge in [0.1, 0.15) is 0 Å². The summed E-state index contributed by atoms with van der Waals surface area (Å²) < 4.78 is 17.2. The maximum absolute atomic E-state index is 11.7. The van der Waals surface area contributed by atoms with Gasteiger partial charge in [-0.1, -0.05) is 6.08 Å². The van der Waals surface area contributed by atoms with Crippen LogP contribution in [0.25, 0.3) is 0 Å². The van der Waals surface area contributed by atoms with E-state index in [0.717, 1.165) is 6.42 Å². The third-order valence-electron chi connectivity index (χ3n) is 5.22. The number of esters is 1. The second-order valence-electron chi connectivity index (χ2n) is 7.05. The van der Waals surface area contributed by atoms with E-state index in [0.29, 0.717) is 18.4 Å². The van der Waals surface area contributed by atoms with Crippen LogP contribution in [0.5, 0.6) is 0 Å². The maximum Gasteiger partial charge on any atom is 0.490 e. The van der Waals surface area contributed by atoms with E-state index in [1.165, 1.54) is 5.47 Å². The van der Waals surface area contributed by atoms with Crippen molar-refractivity contribution in [2.75, 3.05) is 6.61 Å². The smallest absolute Gasteiger partial charge is 0.466 e. The number of fused-ring (bicyclic) bond motifs is 1. The van der Waals surface area contributed by atoms with Crippen LogP contribution >= 0.6 is 0 Å². The Hall–Kier alpha value is -0.805. The fraction of sp³-hybridized carbons (Fsp3) is 0.800. The lowest BCUT2D eigenvalue weighted by atomic mass is 9.76. The van der Waals surface area contributed by atoms with Crippen molar-refractivity contribution < 1.29 is 18.8 Å². The molecule has 0 N–H and O–H groups in total. The van der Waals surface area contributed by atoms with Crippen LogP contribution in [0.4, 0.5) is 0 Å². The number of rotatable bonds is 3. The molecule has 3 rings (SSSR count). The molecule has 1 aliphatic heterocycles. The topological polar surface area (TPSA) is 44.8 Å². The van der Waals surface area contributed by atoms with Crippen LogP contribution in [0.2, 0.25) is 0 Å². The SMILES string of the molecule is CCOC(=O)[C@H]1[C@@H]2C=C(B3OC(C)(C)C(C)(C)O3)C[C@@H]21. The summed E-state index contributed by atoms with van der Waals surface area (Å²) in [4.78, 5) is 11.7. The van der Waals surface area contributed by atoms with Crippen molar-refractivity contribution in [1.82, 2.24) is 0 Å². The number of carbonyl (C=O) groups is 1. The minimum Gasteiger partial charge on any atom is -0.466 e. The first-order valence-corrected chi connectivity index (χ1v) is 7.49. The van der Waals surface area contributed by atoms with Gasteiger partial charge in [-0.2, -0.15) is 0 Å². The number of allylic oxidation sites excluding steroid dienone is 2. The van der Waals surface area contributed by atoms with Crippen LogP contribution in [0.15, 0.2) is 11.5 Å². The lowest BCUT2D eigenvalue weighted by Crippen LogP contribution is -2.41. The monoisotopic (exact) mass is 278 g/mol. The number of hydrogen-bond donors (Lipinski definition) is 0. The van der Waals surface area contributed by atoms with Gasteiger partial charge in [0.2, 0.25) is 0 Å². The van der Waals surface area contributed by atoms with Gasteiger partial charge in [0, 0.05) is 0 Å². The van der Waals surface area contributed by atoms with Crippen molar-refractivity contribution in [1.29, 1.82) is 0 Å². The van der Waals surface area contributed by atoms with E-state index >= 15 is 0 Å². The fourth-order valence-corrected chi connectivity index (χ4v) is 3.22. The molecule has 1 saturated heterocycles. The van der Waals surface area contributed by atoms with E-state index in [9.17, 15) is 4.79 Å². The molecule has 3 atom stereocenters. The summed E-state index contributed by atoms with van der Waals surface area (Å²) in [5, 5.41) is 0. The van der Waals surface area contributed by atoms with E-state index in [-0.39, 0.29) is 30.2 Å². The lowest BCUT2D eigenvalue weighted by Gasteiger charge is -2.32. The maximum atomic E-state index is 11.7. The Labute approximate surface area is 121 Å². The molecule has 0 aromatic carbocycles. The molecule has 2 aliphatic carbocycles. The summed E-state index contributed by atoms with van der Waals surface area (Å²) >= 11 is 0. The molecule has 4 nitrogen and oxygen atoms in total. The lowest BCUT2D eigenvalue weighted by molar-refractivity contribution is -0.145. The normalized spacial score (nSPS) is 36.5. The van der Waals surface area contributed by atoms with Crippen molar-refractivity contribution in [3.05, 3.63) is 11.5 Å². The molecule has 110 valence electrons. The van der Waals surface area contributed by atoms with Crippen molar-refractivity contribution in [2.24, 2.45) is 17.8 Å². The zero-order valence-electron chi connectivity index (χ0n) is 12.9. The van der Waals surface area contributed by atoms with Gasteiger partial charge in [-0.05, 0) is 58.3 Å². The molecule has 0 amide bonds. The van der Waals surface area contributed by atoms with Gasteiger partial charge in [0.15, 0.2) is 0 Å². The molecular weight excluding hydrogens is 255 g/mol. The molecule has 1 saturated carbocycles. The van der Waals surface area contributed by atoms with Crippen molar-refractivity contribution >= 4 is 13.1 Å². The van der Waals surface area contributed by atoms with Gasteiger partial charge in [0.25, 0.3) is 0 Å². The first kappa shape index (κ1) is 14.1. The van der Waals surface area contributed by atoms with Crippen molar-refractivity contribution in [2.45, 2.75) is 52.2 Å². The Morgan fingerprint density at radius 2 is 1.95 bits per heavy atom. The summed E-state index contributed by atoms with van der Waals surface area (Å²) in [6.07, 6.45) is 3.07. The highest BCUT2D eigenvalue weighted by Crippen LogP contribution is 2.58. The van der Waals surface area contributed by atoms with Gasteiger partial charge in [-0.15, -0.1) is 0 Å². The Morgan fingerprint density at radius 1 is 1.35 bits per heavy atom. The molecule has 5 heteroatoms. The third kappa shape index (κ3) is 2.02. The highest BCUT2D eigenvalue weighted by atomic mass is 16.7. The molecule has 2 fully saturated rings. The Balaban J connectivity index is 1.65. The number of ether oxygens (including phenoxy) is 1. The Bertz CT molecular complexity index is 452. The average molecular weight is 278 g/mol. The molecule has 0 spiro atoms. The van der Waals surface area contributed by atoms with Gasteiger partial charge in [0.05, 0.1) is 23.7 Å². The molecule has 20 heavy (non-hydrogen) atoms. The van der Waals surface area contributed by atoms with E-state index in [1.807, 2.05) is 6.92 Å². The minimum atomic E-state index is -0.300. The summed E-state index contributed by atoms with van der Waals surface area (Å²) in [6, 6.07) is 0. The summed E-state index contributed by atoms with van der Waals surface area (Å²) in [7, 11) is -0.254. The van der Waals surface area contributed by atoms with E-state index < -0.39 is 0 Å². The standard InChI is InChI=1S/C15H23BO4/c1-6-18-13(17)12-10-7-9(8-11(10)12)16-19-14(2,3)15(4,5)20-16/h7,10-12H,6,8H2,1-5H3/t10-,11+,12+/m1/s1. The van der Waals surface area contributed by atoms with Gasteiger partial charge in [-0.3, -0.25) is 4.79 Å². The van der Waals surface area contributed by atoms with Gasteiger partial charge < -0.3 is 14.0 Å². The molecule has 1 heterocycles. The van der Waals surface area contributed by atoms with E-state index in [1.54, 1.807) is 0 Å². The summed E-state index contributed by atoms with van der Waals surface area (Å²) in [5.74, 6) is 0.763. The van der Waals surface area contributed by atoms with Crippen LogP contribution in [0.1, 0.15) is 41.0 Å². The highest BCUT2D eigenvalue weighted by Gasteiger charge is 2.61. The summed E-state index contributed by atoms with van der Waals surface area (Å²) in [6.45, 7) is 10.6.